The van der Waals surface area contributed by atoms with E-state index in [9.17, 15) is 19.8 Å². The lowest BCUT2D eigenvalue weighted by Gasteiger charge is -2.34. The van der Waals surface area contributed by atoms with Gasteiger partial charge in [0.05, 0.1) is 29.7 Å². The van der Waals surface area contributed by atoms with Crippen molar-refractivity contribution < 1.29 is 24.5 Å². The monoisotopic (exact) mass is 477 g/mol. The smallest absolute Gasteiger partial charge is 0.414 e. The summed E-state index contributed by atoms with van der Waals surface area (Å²) in [7, 11) is 1.38. The van der Waals surface area contributed by atoms with Gasteiger partial charge in [0.1, 0.15) is 11.9 Å². The number of methoxy groups -OCH3 is 1. The van der Waals surface area contributed by atoms with Gasteiger partial charge < -0.3 is 19.5 Å². The molecule has 2 aromatic carbocycles. The third-order valence-corrected chi connectivity index (χ3v) is 7.57. The van der Waals surface area contributed by atoms with Crippen LogP contribution in [0.2, 0.25) is 0 Å². The van der Waals surface area contributed by atoms with Gasteiger partial charge in [0.15, 0.2) is 0 Å². The maximum absolute atomic E-state index is 12.6. The van der Waals surface area contributed by atoms with Crippen LogP contribution in [0.4, 0.5) is 10.5 Å². The first-order valence-electron chi connectivity index (χ1n) is 12.3. The van der Waals surface area contributed by atoms with E-state index in [0.717, 1.165) is 53.5 Å². The van der Waals surface area contributed by atoms with E-state index in [2.05, 4.69) is 4.57 Å². The number of rotatable bonds is 4. The number of carbonyl (C=O) groups excluding carboxylic acids is 1. The van der Waals surface area contributed by atoms with E-state index >= 15 is 0 Å². The van der Waals surface area contributed by atoms with E-state index in [1.807, 2.05) is 49.4 Å². The Hall–Kier alpha value is -3.39. The number of carbonyl (C=O) groups is 2. The van der Waals surface area contributed by atoms with Crippen LogP contribution in [-0.2, 0) is 16.0 Å². The number of fused-ring (bicyclic) bond motifs is 3. The summed E-state index contributed by atoms with van der Waals surface area (Å²) in [6.45, 7) is 2.00. The summed E-state index contributed by atoms with van der Waals surface area (Å²) < 4.78 is 7.11. The Morgan fingerprint density at radius 2 is 1.89 bits per heavy atom. The maximum Gasteiger partial charge on any atom is 0.414 e. The fourth-order valence-electron chi connectivity index (χ4n) is 5.78. The first kappa shape index (κ1) is 23.4. The van der Waals surface area contributed by atoms with E-state index in [1.54, 1.807) is 4.90 Å². The van der Waals surface area contributed by atoms with Gasteiger partial charge in [0.2, 0.25) is 0 Å². The average molecular weight is 478 g/mol. The number of aliphatic carboxylic acids is 1. The zero-order valence-electron chi connectivity index (χ0n) is 20.1. The molecular formula is C27H31N3O5. The summed E-state index contributed by atoms with van der Waals surface area (Å²) in [5.74, 6) is -0.676. The Labute approximate surface area is 204 Å². The predicted molar refractivity (Wildman–Crippen MR) is 132 cm³/mol. The summed E-state index contributed by atoms with van der Waals surface area (Å²) >= 11 is 0. The molecule has 0 spiro atoms. The summed E-state index contributed by atoms with van der Waals surface area (Å²) in [5, 5.41) is 21.1. The maximum atomic E-state index is 12.6. The highest BCUT2D eigenvalue weighted by Gasteiger charge is 2.35. The third kappa shape index (κ3) is 4.05. The highest BCUT2D eigenvalue weighted by atomic mass is 16.5. The molecule has 5 rings (SSSR count). The number of nitrogens with zero attached hydrogens (tertiary/aromatic N) is 3. The summed E-state index contributed by atoms with van der Waals surface area (Å²) in [6.07, 6.45) is 2.96. The van der Waals surface area contributed by atoms with E-state index in [1.165, 1.54) is 7.11 Å². The van der Waals surface area contributed by atoms with E-state index in [-0.39, 0.29) is 12.1 Å². The Bertz CT molecular complexity index is 1250. The second-order valence-corrected chi connectivity index (χ2v) is 9.67. The van der Waals surface area contributed by atoms with Crippen molar-refractivity contribution in [3.63, 3.8) is 0 Å². The number of imidazole rings is 1. The van der Waals surface area contributed by atoms with Crippen molar-refractivity contribution in [1.82, 2.24) is 9.55 Å². The lowest BCUT2D eigenvalue weighted by atomic mass is 9.85. The van der Waals surface area contributed by atoms with E-state index in [0.29, 0.717) is 18.7 Å². The number of hydrogen-bond acceptors (Lipinski definition) is 5. The Morgan fingerprint density at radius 3 is 2.60 bits per heavy atom. The van der Waals surface area contributed by atoms with Gasteiger partial charge in [-0.1, -0.05) is 36.8 Å². The molecule has 8 nitrogen and oxygen atoms in total. The average Bonchev–Trinajstić information content (AvgIpc) is 3.28. The van der Waals surface area contributed by atoms with Crippen molar-refractivity contribution >= 4 is 28.8 Å². The fraction of sp³-hybridized carbons (Fsp3) is 0.444. The van der Waals surface area contributed by atoms with Crippen molar-refractivity contribution in [1.29, 1.82) is 0 Å². The summed E-state index contributed by atoms with van der Waals surface area (Å²) in [6, 6.07) is 13.2. The molecule has 4 atom stereocenters. The molecule has 1 aromatic heterocycles. The molecule has 3 unspecified atom stereocenters. The third-order valence-electron chi connectivity index (χ3n) is 7.57. The minimum absolute atomic E-state index is 0.00136. The molecular weight excluding hydrogens is 446 g/mol. The van der Waals surface area contributed by atoms with Crippen LogP contribution >= 0.6 is 0 Å². The van der Waals surface area contributed by atoms with Gasteiger partial charge in [-0.25, -0.2) is 9.78 Å². The van der Waals surface area contributed by atoms with Crippen molar-refractivity contribution in [2.75, 3.05) is 12.0 Å². The van der Waals surface area contributed by atoms with Gasteiger partial charge in [-0.2, -0.15) is 0 Å². The Kier molecular flexibility index (Phi) is 6.23. The number of aliphatic hydroxyl groups excluding tert-OH is 1. The van der Waals surface area contributed by atoms with Crippen molar-refractivity contribution in [3.05, 3.63) is 59.4 Å². The van der Waals surface area contributed by atoms with Crippen molar-refractivity contribution in [2.24, 2.45) is 5.92 Å². The van der Waals surface area contributed by atoms with Crippen LogP contribution in [0.5, 0.6) is 0 Å². The number of anilines is 1. The summed E-state index contributed by atoms with van der Waals surface area (Å²) in [5.41, 5.74) is 4.08. The van der Waals surface area contributed by atoms with E-state index in [4.69, 9.17) is 9.72 Å². The van der Waals surface area contributed by atoms with Crippen molar-refractivity contribution in [3.8, 4) is 0 Å². The highest BCUT2D eigenvalue weighted by molar-refractivity contribution is 5.95. The van der Waals surface area contributed by atoms with Crippen LogP contribution < -0.4 is 4.90 Å². The Morgan fingerprint density at radius 1 is 1.11 bits per heavy atom. The van der Waals surface area contributed by atoms with Gasteiger partial charge >= 0.3 is 12.1 Å². The van der Waals surface area contributed by atoms with Gasteiger partial charge in [0, 0.05) is 17.6 Å². The molecule has 2 heterocycles. The number of aromatic nitrogens is 2. The van der Waals surface area contributed by atoms with Gasteiger partial charge in [-0.3, -0.25) is 9.69 Å². The molecule has 3 aromatic rings. The van der Waals surface area contributed by atoms with Gasteiger partial charge in [-0.15, -0.1) is 0 Å². The molecule has 0 radical (unpaired) electrons. The molecule has 0 saturated heterocycles. The van der Waals surface area contributed by atoms with Crippen LogP contribution in [0, 0.1) is 5.92 Å². The molecule has 1 amide bonds. The predicted octanol–water partition coefficient (Wildman–Crippen LogP) is 4.84. The minimum Gasteiger partial charge on any atom is -0.481 e. The number of aliphatic hydroxyl groups is 1. The first-order valence-corrected chi connectivity index (χ1v) is 12.3. The zero-order valence-corrected chi connectivity index (χ0v) is 20.1. The van der Waals surface area contributed by atoms with Crippen LogP contribution in [0.25, 0.3) is 11.0 Å². The number of carboxylic acid groups (broad SMARTS) is 1. The number of carboxylic acids is 1. The quantitative estimate of drug-likeness (QED) is 0.557. The second kappa shape index (κ2) is 9.34. The molecule has 1 aliphatic heterocycles. The normalized spacial score (nSPS) is 23.1. The fourth-order valence-corrected chi connectivity index (χ4v) is 5.78. The lowest BCUT2D eigenvalue weighted by Crippen LogP contribution is -2.42. The minimum atomic E-state index is -0.955. The molecule has 35 heavy (non-hydrogen) atoms. The van der Waals surface area contributed by atoms with Gasteiger partial charge in [0.25, 0.3) is 0 Å². The van der Waals surface area contributed by atoms with Crippen LogP contribution in [0.3, 0.4) is 0 Å². The molecule has 1 aliphatic carbocycles. The number of amides is 1. The van der Waals surface area contributed by atoms with Crippen LogP contribution in [0.1, 0.15) is 68.1 Å². The molecule has 2 aliphatic rings. The molecule has 0 bridgehead atoms. The first-order chi connectivity index (χ1) is 16.9. The van der Waals surface area contributed by atoms with Crippen LogP contribution in [0.15, 0.2) is 42.5 Å². The Balaban J connectivity index is 1.69. The number of hydrogen-bond donors (Lipinski definition) is 2. The number of aryl methyl sites for hydroxylation is 1. The molecule has 1 saturated carbocycles. The molecule has 8 heteroatoms. The highest BCUT2D eigenvalue weighted by Crippen LogP contribution is 2.42. The standard InChI is InChI=1S/C27H31N3O5/c1-16-11-12-20-21(29(16)27(34)35-2)13-14-22-23(20)28-25(24(31)17-7-4-3-5-8-17)30(22)19-10-6-9-18(15-19)26(32)33/h3-5,7-8,13-14,16,18-19,24,31H,6,9-12,15H2,1-2H3,(H,32,33)/t16-,18?,19?,24?/m0/s1. The van der Waals surface area contributed by atoms with Gasteiger partial charge in [-0.05, 0) is 56.7 Å². The number of benzene rings is 2. The molecule has 1 fully saturated rings. The zero-order chi connectivity index (χ0) is 24.7. The SMILES string of the molecule is COC(=O)N1c2ccc3c(nc(C(O)c4ccccc4)n3C3CCCC(C(=O)O)C3)c2CC[C@@H]1C. The van der Waals surface area contributed by atoms with Crippen LogP contribution in [-0.4, -0.2) is 45.0 Å². The van der Waals surface area contributed by atoms with Crippen molar-refractivity contribution in [2.45, 2.75) is 63.6 Å². The lowest BCUT2D eigenvalue weighted by molar-refractivity contribution is -0.143. The molecule has 184 valence electrons. The largest absolute Gasteiger partial charge is 0.481 e. The number of ether oxygens (including phenoxy) is 1. The topological polar surface area (TPSA) is 105 Å². The molecule has 2 N–H and O–H groups in total. The summed E-state index contributed by atoms with van der Waals surface area (Å²) in [4.78, 5) is 31.0. The van der Waals surface area contributed by atoms with E-state index < -0.39 is 24.1 Å². The second-order valence-electron chi connectivity index (χ2n) is 9.67.